The SMILES string of the molecule is Cc1cc(-c2csc(-c3ccc(O)cc3)n2)c(C)n1CC1CCCO1.Cl. The van der Waals surface area contributed by atoms with Crippen LogP contribution in [0.4, 0.5) is 0 Å². The van der Waals surface area contributed by atoms with Crippen LogP contribution >= 0.6 is 23.7 Å². The molecule has 1 saturated heterocycles. The number of hydrogen-bond donors (Lipinski definition) is 1. The molecular formula is C20H23ClN2O2S. The summed E-state index contributed by atoms with van der Waals surface area (Å²) >= 11 is 1.63. The molecule has 0 amide bonds. The number of nitrogens with zero attached hydrogens (tertiary/aromatic N) is 2. The van der Waals surface area contributed by atoms with E-state index in [0.717, 1.165) is 35.8 Å². The van der Waals surface area contributed by atoms with Crippen LogP contribution < -0.4 is 0 Å². The van der Waals surface area contributed by atoms with Gasteiger partial charge in [-0.25, -0.2) is 4.98 Å². The van der Waals surface area contributed by atoms with Crippen LogP contribution in [0.15, 0.2) is 35.7 Å². The van der Waals surface area contributed by atoms with Crippen LogP contribution in [0.5, 0.6) is 5.75 Å². The van der Waals surface area contributed by atoms with Crippen molar-refractivity contribution in [3.8, 4) is 27.6 Å². The second-order valence-electron chi connectivity index (χ2n) is 6.62. The van der Waals surface area contributed by atoms with Gasteiger partial charge in [0.15, 0.2) is 0 Å². The first-order valence-corrected chi connectivity index (χ1v) is 9.53. The highest BCUT2D eigenvalue weighted by Gasteiger charge is 2.20. The summed E-state index contributed by atoms with van der Waals surface area (Å²) in [7, 11) is 0. The molecule has 1 aromatic carbocycles. The van der Waals surface area contributed by atoms with Gasteiger partial charge in [-0.3, -0.25) is 0 Å². The third-order valence-electron chi connectivity index (χ3n) is 4.88. The van der Waals surface area contributed by atoms with Crippen LogP contribution in [0, 0.1) is 13.8 Å². The zero-order valence-corrected chi connectivity index (χ0v) is 16.6. The summed E-state index contributed by atoms with van der Waals surface area (Å²) in [5.41, 5.74) is 5.73. The van der Waals surface area contributed by atoms with Crippen LogP contribution in [-0.4, -0.2) is 27.4 Å². The van der Waals surface area contributed by atoms with Gasteiger partial charge in [-0.2, -0.15) is 0 Å². The molecule has 0 aliphatic carbocycles. The maximum absolute atomic E-state index is 9.44. The van der Waals surface area contributed by atoms with Gasteiger partial charge in [0.1, 0.15) is 10.8 Å². The summed E-state index contributed by atoms with van der Waals surface area (Å²) in [6.07, 6.45) is 2.65. The second-order valence-corrected chi connectivity index (χ2v) is 7.47. The van der Waals surface area contributed by atoms with Crippen molar-refractivity contribution in [3.63, 3.8) is 0 Å². The van der Waals surface area contributed by atoms with Gasteiger partial charge in [-0.15, -0.1) is 23.7 Å². The average molecular weight is 391 g/mol. The normalized spacial score (nSPS) is 16.6. The van der Waals surface area contributed by atoms with E-state index in [2.05, 4.69) is 29.9 Å². The quantitative estimate of drug-likeness (QED) is 0.665. The van der Waals surface area contributed by atoms with Gasteiger partial charge in [-0.05, 0) is 57.0 Å². The van der Waals surface area contributed by atoms with E-state index in [1.165, 1.54) is 23.4 Å². The molecule has 0 saturated carbocycles. The lowest BCUT2D eigenvalue weighted by Crippen LogP contribution is -2.16. The Morgan fingerprint density at radius 2 is 2.04 bits per heavy atom. The van der Waals surface area contributed by atoms with Crippen molar-refractivity contribution in [1.82, 2.24) is 9.55 Å². The van der Waals surface area contributed by atoms with E-state index in [4.69, 9.17) is 9.72 Å². The summed E-state index contributed by atoms with van der Waals surface area (Å²) in [5.74, 6) is 0.276. The van der Waals surface area contributed by atoms with Crippen molar-refractivity contribution in [2.45, 2.75) is 39.3 Å². The summed E-state index contributed by atoms with van der Waals surface area (Å²) in [6, 6.07) is 9.42. The molecule has 1 N–H and O–H groups in total. The Hall–Kier alpha value is -1.82. The van der Waals surface area contributed by atoms with E-state index >= 15 is 0 Å². The van der Waals surface area contributed by atoms with Crippen molar-refractivity contribution in [2.75, 3.05) is 6.61 Å². The maximum Gasteiger partial charge on any atom is 0.124 e. The minimum Gasteiger partial charge on any atom is -0.508 e. The minimum atomic E-state index is 0. The lowest BCUT2D eigenvalue weighted by molar-refractivity contribution is 0.0962. The Labute approximate surface area is 163 Å². The van der Waals surface area contributed by atoms with Crippen molar-refractivity contribution in [1.29, 1.82) is 0 Å². The van der Waals surface area contributed by atoms with Crippen LogP contribution in [0.3, 0.4) is 0 Å². The Morgan fingerprint density at radius 3 is 2.73 bits per heavy atom. The fourth-order valence-corrected chi connectivity index (χ4v) is 4.29. The fraction of sp³-hybridized carbons (Fsp3) is 0.350. The van der Waals surface area contributed by atoms with Crippen LogP contribution in [0.25, 0.3) is 21.8 Å². The third-order valence-corrected chi connectivity index (χ3v) is 5.77. The summed E-state index contributed by atoms with van der Waals surface area (Å²) in [5, 5.41) is 12.5. The number of aryl methyl sites for hydroxylation is 1. The van der Waals surface area contributed by atoms with Gasteiger partial charge >= 0.3 is 0 Å². The Bertz CT molecular complexity index is 880. The molecule has 0 radical (unpaired) electrons. The number of benzene rings is 1. The zero-order chi connectivity index (χ0) is 17.4. The van der Waals surface area contributed by atoms with Crippen molar-refractivity contribution < 1.29 is 9.84 Å². The summed E-state index contributed by atoms with van der Waals surface area (Å²) < 4.78 is 8.15. The number of halogens is 1. The first kappa shape index (κ1) is 19.0. The first-order chi connectivity index (χ1) is 12.1. The van der Waals surface area contributed by atoms with E-state index in [0.29, 0.717) is 6.10 Å². The Morgan fingerprint density at radius 1 is 1.27 bits per heavy atom. The van der Waals surface area contributed by atoms with E-state index < -0.39 is 0 Å². The van der Waals surface area contributed by atoms with Gasteiger partial charge in [-0.1, -0.05) is 0 Å². The number of rotatable bonds is 4. The molecule has 1 aliphatic rings. The molecule has 1 aliphatic heterocycles. The Balaban J connectivity index is 0.00000196. The predicted molar refractivity (Wildman–Crippen MR) is 108 cm³/mol. The molecular weight excluding hydrogens is 368 g/mol. The molecule has 4 nitrogen and oxygen atoms in total. The highest BCUT2D eigenvalue weighted by molar-refractivity contribution is 7.13. The lowest BCUT2D eigenvalue weighted by atomic mass is 10.2. The highest BCUT2D eigenvalue weighted by atomic mass is 35.5. The zero-order valence-electron chi connectivity index (χ0n) is 14.9. The van der Waals surface area contributed by atoms with Crippen LogP contribution in [0.1, 0.15) is 24.2 Å². The molecule has 138 valence electrons. The van der Waals surface area contributed by atoms with Crippen LogP contribution in [-0.2, 0) is 11.3 Å². The number of phenols is 1. The molecule has 26 heavy (non-hydrogen) atoms. The van der Waals surface area contributed by atoms with Gasteiger partial charge < -0.3 is 14.4 Å². The standard InChI is InChI=1S/C20H22N2O2S.ClH/c1-13-10-18(14(2)22(13)11-17-4-3-9-24-17)19-12-25-20(21-19)15-5-7-16(23)8-6-15;/h5-8,10,12,17,23H,3-4,9,11H2,1-2H3;1H. The molecule has 1 fully saturated rings. The lowest BCUT2D eigenvalue weighted by Gasteiger charge is -2.14. The fourth-order valence-electron chi connectivity index (χ4n) is 3.47. The predicted octanol–water partition coefficient (Wildman–Crippen LogP) is 5.20. The highest BCUT2D eigenvalue weighted by Crippen LogP contribution is 2.33. The van der Waals surface area contributed by atoms with Gasteiger partial charge in [0, 0.05) is 41.0 Å². The number of aromatic hydroxyl groups is 1. The van der Waals surface area contributed by atoms with E-state index in [9.17, 15) is 5.11 Å². The van der Waals surface area contributed by atoms with Crippen molar-refractivity contribution >= 4 is 23.7 Å². The largest absolute Gasteiger partial charge is 0.508 e. The minimum absolute atomic E-state index is 0. The van der Waals surface area contributed by atoms with E-state index in [1.54, 1.807) is 23.5 Å². The third kappa shape index (κ3) is 3.65. The van der Waals surface area contributed by atoms with Gasteiger partial charge in [0.2, 0.25) is 0 Å². The number of phenolic OH excluding ortho intramolecular Hbond substituents is 1. The molecule has 3 heterocycles. The molecule has 4 rings (SSSR count). The molecule has 2 aromatic heterocycles. The van der Waals surface area contributed by atoms with Crippen molar-refractivity contribution in [2.24, 2.45) is 0 Å². The summed E-state index contributed by atoms with van der Waals surface area (Å²) in [4.78, 5) is 4.82. The summed E-state index contributed by atoms with van der Waals surface area (Å²) in [6.45, 7) is 6.13. The average Bonchev–Trinajstić information content (AvgIpc) is 3.33. The maximum atomic E-state index is 9.44. The second kappa shape index (κ2) is 7.82. The molecule has 0 spiro atoms. The molecule has 0 bridgehead atoms. The molecule has 1 unspecified atom stereocenters. The number of thiazole rings is 1. The Kier molecular flexibility index (Phi) is 5.70. The number of ether oxygens (including phenoxy) is 1. The number of hydrogen-bond acceptors (Lipinski definition) is 4. The molecule has 1 atom stereocenters. The van der Waals surface area contributed by atoms with Gasteiger partial charge in [0.25, 0.3) is 0 Å². The smallest absolute Gasteiger partial charge is 0.124 e. The van der Waals surface area contributed by atoms with E-state index in [-0.39, 0.29) is 18.2 Å². The van der Waals surface area contributed by atoms with Gasteiger partial charge in [0.05, 0.1) is 11.8 Å². The van der Waals surface area contributed by atoms with Crippen LogP contribution in [0.2, 0.25) is 0 Å². The first-order valence-electron chi connectivity index (χ1n) is 8.65. The topological polar surface area (TPSA) is 47.3 Å². The molecule has 6 heteroatoms. The van der Waals surface area contributed by atoms with Crippen molar-refractivity contribution in [3.05, 3.63) is 47.1 Å². The molecule has 3 aromatic rings. The van der Waals surface area contributed by atoms with E-state index in [1.807, 2.05) is 12.1 Å². The monoisotopic (exact) mass is 390 g/mol. The number of aromatic nitrogens is 2.